The molecule has 0 radical (unpaired) electrons. The standard InChI is InChI=1S/C13H19IN4O/c1-2-15-12-10(14)6-16-13(17-12)11-7-18-5-3-4-9(18)8-19-11/h6,9,11H,2-5,7-8H2,1H3,(H,15,16,17). The summed E-state index contributed by atoms with van der Waals surface area (Å²) in [6.45, 7) is 5.87. The fraction of sp³-hybridized carbons (Fsp3) is 0.692. The first kappa shape index (κ1) is 13.5. The second kappa shape index (κ2) is 5.88. The highest BCUT2D eigenvalue weighted by Gasteiger charge is 2.34. The first-order chi connectivity index (χ1) is 9.28. The van der Waals surface area contributed by atoms with Crippen molar-refractivity contribution in [2.24, 2.45) is 0 Å². The summed E-state index contributed by atoms with van der Waals surface area (Å²) in [6, 6.07) is 0.619. The van der Waals surface area contributed by atoms with Crippen LogP contribution in [-0.2, 0) is 4.74 Å². The van der Waals surface area contributed by atoms with Crippen molar-refractivity contribution in [1.29, 1.82) is 0 Å². The summed E-state index contributed by atoms with van der Waals surface area (Å²) in [6.07, 6.45) is 4.45. The molecule has 1 aromatic heterocycles. The monoisotopic (exact) mass is 374 g/mol. The fourth-order valence-electron chi connectivity index (χ4n) is 2.80. The van der Waals surface area contributed by atoms with Crippen molar-refractivity contribution < 1.29 is 4.74 Å². The van der Waals surface area contributed by atoms with Gasteiger partial charge in [-0.05, 0) is 48.9 Å². The Labute approximate surface area is 127 Å². The Bertz CT molecular complexity index is 456. The Balaban J connectivity index is 1.76. The van der Waals surface area contributed by atoms with Gasteiger partial charge in [0.25, 0.3) is 0 Å². The van der Waals surface area contributed by atoms with Crippen LogP contribution in [0.25, 0.3) is 0 Å². The molecule has 104 valence electrons. The SMILES string of the molecule is CCNc1nc(C2CN3CCCC3CO2)ncc1I. The third-order valence-corrected chi connectivity index (χ3v) is 4.57. The van der Waals surface area contributed by atoms with Gasteiger partial charge < -0.3 is 10.1 Å². The number of nitrogens with zero attached hydrogens (tertiary/aromatic N) is 3. The van der Waals surface area contributed by atoms with E-state index in [1.807, 2.05) is 6.20 Å². The number of morpholine rings is 1. The van der Waals surface area contributed by atoms with Gasteiger partial charge in [-0.1, -0.05) is 0 Å². The number of anilines is 1. The topological polar surface area (TPSA) is 50.3 Å². The van der Waals surface area contributed by atoms with Crippen LogP contribution in [0.15, 0.2) is 6.20 Å². The van der Waals surface area contributed by atoms with Gasteiger partial charge in [-0.15, -0.1) is 0 Å². The zero-order valence-electron chi connectivity index (χ0n) is 11.1. The summed E-state index contributed by atoms with van der Waals surface area (Å²) in [5.41, 5.74) is 0. The summed E-state index contributed by atoms with van der Waals surface area (Å²) < 4.78 is 7.01. The predicted octanol–water partition coefficient (Wildman–Crippen LogP) is 2.05. The van der Waals surface area contributed by atoms with Gasteiger partial charge in [0.1, 0.15) is 11.9 Å². The summed E-state index contributed by atoms with van der Waals surface area (Å²) in [7, 11) is 0. The molecule has 2 fully saturated rings. The molecule has 6 heteroatoms. The van der Waals surface area contributed by atoms with Gasteiger partial charge in [-0.2, -0.15) is 0 Å². The van der Waals surface area contributed by atoms with Gasteiger partial charge in [0.2, 0.25) is 0 Å². The number of halogens is 1. The lowest BCUT2D eigenvalue weighted by Crippen LogP contribution is -2.42. The number of hydrogen-bond acceptors (Lipinski definition) is 5. The lowest BCUT2D eigenvalue weighted by atomic mass is 10.2. The molecule has 2 aliphatic rings. The van der Waals surface area contributed by atoms with Gasteiger partial charge in [-0.25, -0.2) is 9.97 Å². The van der Waals surface area contributed by atoms with Crippen LogP contribution in [0.1, 0.15) is 31.7 Å². The van der Waals surface area contributed by atoms with E-state index in [1.54, 1.807) is 0 Å². The van der Waals surface area contributed by atoms with Gasteiger partial charge in [0.15, 0.2) is 5.82 Å². The van der Waals surface area contributed by atoms with Crippen molar-refractivity contribution in [3.63, 3.8) is 0 Å². The van der Waals surface area contributed by atoms with Crippen LogP contribution in [0.2, 0.25) is 0 Å². The fourth-order valence-corrected chi connectivity index (χ4v) is 3.25. The first-order valence-corrected chi connectivity index (χ1v) is 7.97. The highest BCUT2D eigenvalue weighted by molar-refractivity contribution is 14.1. The van der Waals surface area contributed by atoms with Crippen LogP contribution in [0.4, 0.5) is 5.82 Å². The summed E-state index contributed by atoms with van der Waals surface area (Å²) in [4.78, 5) is 11.6. The maximum atomic E-state index is 5.95. The molecule has 3 rings (SSSR count). The quantitative estimate of drug-likeness (QED) is 0.821. The molecular weight excluding hydrogens is 355 g/mol. The molecule has 0 bridgehead atoms. The van der Waals surface area contributed by atoms with Crippen molar-refractivity contribution in [3.05, 3.63) is 15.6 Å². The van der Waals surface area contributed by atoms with E-state index >= 15 is 0 Å². The van der Waals surface area contributed by atoms with Crippen LogP contribution in [0.3, 0.4) is 0 Å². The Hall–Kier alpha value is -0.470. The summed E-state index contributed by atoms with van der Waals surface area (Å²) in [5, 5.41) is 3.27. The van der Waals surface area contributed by atoms with E-state index in [4.69, 9.17) is 4.74 Å². The van der Waals surface area contributed by atoms with Gasteiger partial charge in [0, 0.05) is 25.3 Å². The highest BCUT2D eigenvalue weighted by atomic mass is 127. The smallest absolute Gasteiger partial charge is 0.160 e. The first-order valence-electron chi connectivity index (χ1n) is 6.90. The van der Waals surface area contributed by atoms with Crippen LogP contribution in [0.5, 0.6) is 0 Å². The molecule has 0 spiro atoms. The zero-order chi connectivity index (χ0) is 13.2. The molecule has 2 aliphatic heterocycles. The molecule has 3 heterocycles. The van der Waals surface area contributed by atoms with Gasteiger partial charge in [-0.3, -0.25) is 4.90 Å². The summed E-state index contributed by atoms with van der Waals surface area (Å²) in [5.74, 6) is 1.72. The number of fused-ring (bicyclic) bond motifs is 1. The van der Waals surface area contributed by atoms with E-state index in [1.165, 1.54) is 19.4 Å². The van der Waals surface area contributed by atoms with Gasteiger partial charge in [0.05, 0.1) is 10.2 Å². The van der Waals surface area contributed by atoms with Crippen molar-refractivity contribution in [2.45, 2.75) is 31.9 Å². The zero-order valence-corrected chi connectivity index (χ0v) is 13.3. The lowest BCUT2D eigenvalue weighted by Gasteiger charge is -2.34. The molecule has 2 unspecified atom stereocenters. The van der Waals surface area contributed by atoms with Crippen LogP contribution >= 0.6 is 22.6 Å². The van der Waals surface area contributed by atoms with Crippen LogP contribution in [0, 0.1) is 3.57 Å². The number of ether oxygens (including phenoxy) is 1. The Morgan fingerprint density at radius 1 is 1.58 bits per heavy atom. The normalized spacial score (nSPS) is 27.3. The molecule has 2 atom stereocenters. The third kappa shape index (κ3) is 2.85. The second-order valence-corrected chi connectivity index (χ2v) is 6.23. The number of hydrogen-bond donors (Lipinski definition) is 1. The largest absolute Gasteiger partial charge is 0.369 e. The van der Waals surface area contributed by atoms with E-state index < -0.39 is 0 Å². The minimum absolute atomic E-state index is 0.0174. The molecule has 19 heavy (non-hydrogen) atoms. The molecule has 5 nitrogen and oxygen atoms in total. The maximum absolute atomic E-state index is 5.95. The minimum atomic E-state index is 0.0174. The summed E-state index contributed by atoms with van der Waals surface area (Å²) >= 11 is 2.26. The Morgan fingerprint density at radius 2 is 2.47 bits per heavy atom. The van der Waals surface area contributed by atoms with Crippen molar-refractivity contribution in [1.82, 2.24) is 14.9 Å². The van der Waals surface area contributed by atoms with E-state index in [0.717, 1.165) is 34.9 Å². The minimum Gasteiger partial charge on any atom is -0.369 e. The number of rotatable bonds is 3. The molecular formula is C13H19IN4O. The van der Waals surface area contributed by atoms with E-state index in [-0.39, 0.29) is 6.10 Å². The molecule has 1 N–H and O–H groups in total. The van der Waals surface area contributed by atoms with E-state index in [9.17, 15) is 0 Å². The Morgan fingerprint density at radius 3 is 3.32 bits per heavy atom. The molecule has 1 aromatic rings. The number of nitrogens with one attached hydrogen (secondary N) is 1. The molecule has 0 aliphatic carbocycles. The Kier molecular flexibility index (Phi) is 4.18. The molecule has 0 amide bonds. The van der Waals surface area contributed by atoms with Gasteiger partial charge >= 0.3 is 0 Å². The maximum Gasteiger partial charge on any atom is 0.160 e. The lowest BCUT2D eigenvalue weighted by molar-refractivity contribution is -0.0540. The average molecular weight is 374 g/mol. The van der Waals surface area contributed by atoms with Crippen LogP contribution in [-0.4, -0.2) is 47.2 Å². The molecule has 0 saturated carbocycles. The number of aromatic nitrogens is 2. The molecule has 2 saturated heterocycles. The van der Waals surface area contributed by atoms with Crippen molar-refractivity contribution in [3.8, 4) is 0 Å². The predicted molar refractivity (Wildman–Crippen MR) is 82.2 cm³/mol. The second-order valence-electron chi connectivity index (χ2n) is 5.07. The van der Waals surface area contributed by atoms with Crippen molar-refractivity contribution >= 4 is 28.4 Å². The van der Waals surface area contributed by atoms with E-state index in [0.29, 0.717) is 6.04 Å². The molecule has 0 aromatic carbocycles. The average Bonchev–Trinajstić information content (AvgIpc) is 2.89. The van der Waals surface area contributed by atoms with E-state index in [2.05, 4.69) is 49.7 Å². The third-order valence-electron chi connectivity index (χ3n) is 3.78. The van der Waals surface area contributed by atoms with Crippen LogP contribution < -0.4 is 5.32 Å². The highest BCUT2D eigenvalue weighted by Crippen LogP contribution is 2.29. The van der Waals surface area contributed by atoms with Crippen molar-refractivity contribution in [2.75, 3.05) is 31.6 Å².